The molecule has 1 amide bonds. The van der Waals surface area contributed by atoms with Crippen LogP contribution in [0.2, 0.25) is 0 Å². The Kier molecular flexibility index (Phi) is 3.87. The highest BCUT2D eigenvalue weighted by Gasteiger charge is 2.37. The molecule has 2 aromatic rings. The third kappa shape index (κ3) is 2.42. The van der Waals surface area contributed by atoms with Crippen molar-refractivity contribution < 1.29 is 14.1 Å². The molecule has 2 aliphatic rings. The number of amides is 1. The van der Waals surface area contributed by atoms with Crippen LogP contribution < -0.4 is 15.0 Å². The normalized spacial score (nSPS) is 19.4. The van der Waals surface area contributed by atoms with Gasteiger partial charge >= 0.3 is 0 Å². The topological polar surface area (TPSA) is 67.6 Å². The number of carbonyl (C=O) groups is 1. The molecule has 3 heterocycles. The van der Waals surface area contributed by atoms with Gasteiger partial charge in [0.1, 0.15) is 17.2 Å². The molecule has 24 heavy (non-hydrogen) atoms. The quantitative estimate of drug-likeness (QED) is 0.855. The maximum atomic E-state index is 12.8. The second-order valence-electron chi connectivity index (χ2n) is 6.11. The molecule has 0 saturated carbocycles. The van der Waals surface area contributed by atoms with Gasteiger partial charge in [0, 0.05) is 0 Å². The van der Waals surface area contributed by atoms with Gasteiger partial charge < -0.3 is 14.6 Å². The monoisotopic (exact) mass is 325 g/mol. The molecule has 0 radical (unpaired) electrons. The molecule has 1 unspecified atom stereocenters. The van der Waals surface area contributed by atoms with Crippen molar-refractivity contribution in [2.75, 3.05) is 24.6 Å². The third-order valence-electron chi connectivity index (χ3n) is 4.69. The minimum absolute atomic E-state index is 0.0116. The summed E-state index contributed by atoms with van der Waals surface area (Å²) >= 11 is 0. The zero-order valence-corrected chi connectivity index (χ0v) is 13.5. The van der Waals surface area contributed by atoms with Gasteiger partial charge in [-0.05, 0) is 50.9 Å². The van der Waals surface area contributed by atoms with E-state index in [1.807, 2.05) is 18.2 Å². The number of rotatable bonds is 2. The first-order valence-corrected chi connectivity index (χ1v) is 8.26. The summed E-state index contributed by atoms with van der Waals surface area (Å²) in [6.45, 7) is 3.67. The van der Waals surface area contributed by atoms with Gasteiger partial charge in [-0.1, -0.05) is 17.1 Å². The standard InChI is InChI=1S/C18H19N3O3/c1-2-4-13(12-7-9-19-10-8-12)21-16(22)11-23-14-5-3-6-15-17(14)18(21)20-24-15/h3,5-6,12-13,19H,7-11H2,1H3. The van der Waals surface area contributed by atoms with Crippen LogP contribution in [-0.4, -0.2) is 36.8 Å². The van der Waals surface area contributed by atoms with Crippen LogP contribution in [0.4, 0.5) is 5.82 Å². The van der Waals surface area contributed by atoms with Gasteiger partial charge in [0.2, 0.25) is 0 Å². The van der Waals surface area contributed by atoms with Gasteiger partial charge in [-0.25, -0.2) is 0 Å². The molecule has 1 aromatic carbocycles. The summed E-state index contributed by atoms with van der Waals surface area (Å²) in [4.78, 5) is 14.5. The van der Waals surface area contributed by atoms with E-state index in [9.17, 15) is 4.79 Å². The van der Waals surface area contributed by atoms with Crippen LogP contribution in [0.1, 0.15) is 19.8 Å². The van der Waals surface area contributed by atoms with Crippen LogP contribution in [0, 0.1) is 17.8 Å². The first kappa shape index (κ1) is 15.0. The van der Waals surface area contributed by atoms with Crippen LogP contribution in [0.15, 0.2) is 22.7 Å². The number of piperidine rings is 1. The van der Waals surface area contributed by atoms with Gasteiger partial charge in [0.05, 0.1) is 0 Å². The van der Waals surface area contributed by atoms with Gasteiger partial charge in [0.25, 0.3) is 5.91 Å². The number of benzene rings is 1. The van der Waals surface area contributed by atoms with Gasteiger partial charge in [-0.15, -0.1) is 5.92 Å². The van der Waals surface area contributed by atoms with Crippen molar-refractivity contribution in [2.45, 2.75) is 25.8 Å². The lowest BCUT2D eigenvalue weighted by Gasteiger charge is -2.34. The van der Waals surface area contributed by atoms with E-state index in [-0.39, 0.29) is 18.6 Å². The molecular weight excluding hydrogens is 306 g/mol. The Morgan fingerprint density at radius 3 is 3.00 bits per heavy atom. The van der Waals surface area contributed by atoms with E-state index in [4.69, 9.17) is 9.26 Å². The lowest BCUT2D eigenvalue weighted by Crippen LogP contribution is -2.48. The summed E-state index contributed by atoms with van der Waals surface area (Å²) in [5.74, 6) is 7.55. The number of carbonyl (C=O) groups excluding carboxylic acids is 1. The summed E-state index contributed by atoms with van der Waals surface area (Å²) in [6, 6.07) is 5.29. The predicted octanol–water partition coefficient (Wildman–Crippen LogP) is 1.94. The summed E-state index contributed by atoms with van der Waals surface area (Å²) < 4.78 is 11.1. The molecule has 124 valence electrons. The molecule has 2 aliphatic heterocycles. The van der Waals surface area contributed by atoms with Crippen LogP contribution in [0.5, 0.6) is 5.75 Å². The highest BCUT2D eigenvalue weighted by molar-refractivity contribution is 6.06. The Labute approximate surface area is 140 Å². The van der Waals surface area contributed by atoms with Crippen LogP contribution in [0.25, 0.3) is 11.0 Å². The Morgan fingerprint density at radius 1 is 1.38 bits per heavy atom. The van der Waals surface area contributed by atoms with Gasteiger partial charge in [0.15, 0.2) is 18.0 Å². The molecule has 0 spiro atoms. The second kappa shape index (κ2) is 6.17. The molecule has 1 N–H and O–H groups in total. The van der Waals surface area contributed by atoms with Gasteiger partial charge in [-0.3, -0.25) is 9.69 Å². The maximum Gasteiger partial charge on any atom is 0.267 e. The summed E-state index contributed by atoms with van der Waals surface area (Å²) in [5, 5.41) is 8.29. The summed E-state index contributed by atoms with van der Waals surface area (Å²) in [7, 11) is 0. The minimum atomic E-state index is -0.215. The van der Waals surface area contributed by atoms with Gasteiger partial charge in [-0.2, -0.15) is 0 Å². The predicted molar refractivity (Wildman–Crippen MR) is 89.8 cm³/mol. The lowest BCUT2D eigenvalue weighted by atomic mass is 9.89. The van der Waals surface area contributed by atoms with E-state index >= 15 is 0 Å². The van der Waals surface area contributed by atoms with Crippen molar-refractivity contribution in [2.24, 2.45) is 5.92 Å². The van der Waals surface area contributed by atoms with E-state index in [1.54, 1.807) is 11.8 Å². The molecular formula is C18H19N3O3. The number of anilines is 1. The average molecular weight is 325 g/mol. The van der Waals surface area contributed by atoms with Crippen molar-refractivity contribution in [1.82, 2.24) is 10.5 Å². The SMILES string of the molecule is CC#CC(C1CCNCC1)N1C(=O)COc2cccc3onc1c23. The van der Waals surface area contributed by atoms with Crippen molar-refractivity contribution in [3.05, 3.63) is 18.2 Å². The Balaban J connectivity index is 1.83. The highest BCUT2D eigenvalue weighted by Crippen LogP contribution is 2.38. The van der Waals surface area contributed by atoms with E-state index in [2.05, 4.69) is 22.3 Å². The van der Waals surface area contributed by atoms with Crippen molar-refractivity contribution >= 4 is 22.7 Å². The Hall–Kier alpha value is -2.52. The molecule has 1 saturated heterocycles. The third-order valence-corrected chi connectivity index (χ3v) is 4.69. The Bertz CT molecular complexity index is 827. The second-order valence-corrected chi connectivity index (χ2v) is 6.11. The molecule has 6 nitrogen and oxygen atoms in total. The fourth-order valence-electron chi connectivity index (χ4n) is 3.55. The maximum absolute atomic E-state index is 12.8. The lowest BCUT2D eigenvalue weighted by molar-refractivity contribution is -0.121. The summed E-state index contributed by atoms with van der Waals surface area (Å²) in [6.07, 6.45) is 1.96. The largest absolute Gasteiger partial charge is 0.483 e. The Morgan fingerprint density at radius 2 is 2.21 bits per heavy atom. The highest BCUT2D eigenvalue weighted by atomic mass is 16.5. The first-order valence-electron chi connectivity index (χ1n) is 8.26. The molecule has 6 heteroatoms. The molecule has 1 atom stereocenters. The van der Waals surface area contributed by atoms with Crippen LogP contribution in [-0.2, 0) is 4.79 Å². The number of nitrogens with one attached hydrogen (secondary N) is 1. The molecule has 4 rings (SSSR count). The van der Waals surface area contributed by atoms with Crippen molar-refractivity contribution in [1.29, 1.82) is 0 Å². The van der Waals surface area contributed by atoms with E-state index in [0.29, 0.717) is 23.1 Å². The van der Waals surface area contributed by atoms with E-state index in [1.165, 1.54) is 0 Å². The number of aromatic nitrogens is 1. The number of hydrogen-bond acceptors (Lipinski definition) is 5. The number of hydrogen-bond donors (Lipinski definition) is 1. The zero-order valence-electron chi connectivity index (χ0n) is 13.5. The molecule has 1 fully saturated rings. The smallest absolute Gasteiger partial charge is 0.267 e. The molecule has 0 bridgehead atoms. The van der Waals surface area contributed by atoms with Crippen molar-refractivity contribution in [3.8, 4) is 17.6 Å². The fraction of sp³-hybridized carbons (Fsp3) is 0.444. The fourth-order valence-corrected chi connectivity index (χ4v) is 3.55. The molecule has 1 aromatic heterocycles. The van der Waals surface area contributed by atoms with Crippen LogP contribution in [0.3, 0.4) is 0 Å². The minimum Gasteiger partial charge on any atom is -0.483 e. The zero-order chi connectivity index (χ0) is 16.5. The van der Waals surface area contributed by atoms with Crippen molar-refractivity contribution in [3.63, 3.8) is 0 Å². The van der Waals surface area contributed by atoms with E-state index in [0.717, 1.165) is 31.3 Å². The number of nitrogens with zero attached hydrogens (tertiary/aromatic N) is 2. The van der Waals surface area contributed by atoms with Crippen LogP contribution >= 0.6 is 0 Å². The average Bonchev–Trinajstić information content (AvgIpc) is 2.98. The number of ether oxygens (including phenoxy) is 1. The first-order chi connectivity index (χ1) is 11.8. The van der Waals surface area contributed by atoms with E-state index < -0.39 is 0 Å². The molecule has 0 aliphatic carbocycles. The summed E-state index contributed by atoms with van der Waals surface area (Å²) in [5.41, 5.74) is 0.621.